The minimum Gasteiger partial charge on any atom is -0.539 e. The second-order valence-electron chi connectivity index (χ2n) is 10.4. The predicted molar refractivity (Wildman–Crippen MR) is 130 cm³/mol. The molecule has 0 aliphatic carbocycles. The second-order valence-corrected chi connectivity index (χ2v) is 16.2. The zero-order valence-corrected chi connectivity index (χ0v) is 22.7. The van der Waals surface area contributed by atoms with E-state index in [1.165, 1.54) is 0 Å². The summed E-state index contributed by atoms with van der Waals surface area (Å²) < 4.78 is 25.2. The van der Waals surface area contributed by atoms with E-state index in [0.29, 0.717) is 33.1 Å². The van der Waals surface area contributed by atoms with E-state index >= 15 is 0 Å². The van der Waals surface area contributed by atoms with Crippen LogP contribution < -0.4 is 14.6 Å². The van der Waals surface area contributed by atoms with Gasteiger partial charge in [0, 0.05) is 0 Å². The number of hydrogen-bond donors (Lipinski definition) is 0. The van der Waals surface area contributed by atoms with Crippen molar-refractivity contribution in [3.63, 3.8) is 0 Å². The summed E-state index contributed by atoms with van der Waals surface area (Å²) in [6.07, 6.45) is 0. The molecule has 1 aromatic carbocycles. The lowest BCUT2D eigenvalue weighted by Gasteiger charge is -2.42. The molecular weight excluding hydrogens is 415 g/mol. The topological polar surface area (TPSA) is 36.9 Å². The van der Waals surface area contributed by atoms with Crippen LogP contribution in [0, 0.1) is 6.92 Å². The molecule has 0 spiro atoms. The molecule has 1 saturated heterocycles. The van der Waals surface area contributed by atoms with Crippen LogP contribution in [0.1, 0.15) is 74.8 Å². The molecule has 2 rings (SSSR count). The van der Waals surface area contributed by atoms with Gasteiger partial charge in [-0.15, -0.1) is 0 Å². The largest absolute Gasteiger partial charge is 0.539 e. The molecule has 0 unspecified atom stereocenters. The molecular formula is C23H40BClO4Si. The summed E-state index contributed by atoms with van der Waals surface area (Å²) in [4.78, 5) is 0. The molecule has 0 aromatic heterocycles. The van der Waals surface area contributed by atoms with Gasteiger partial charge in [0.1, 0.15) is 0 Å². The Kier molecular flexibility index (Phi) is 7.40. The van der Waals surface area contributed by atoms with Gasteiger partial charge in [-0.1, -0.05) is 53.1 Å². The van der Waals surface area contributed by atoms with Crippen LogP contribution in [0.3, 0.4) is 0 Å². The first kappa shape index (κ1) is 25.6. The third kappa shape index (κ3) is 4.17. The molecule has 1 heterocycles. The monoisotopic (exact) mass is 454 g/mol. The molecule has 0 bridgehead atoms. The smallest absolute Gasteiger partial charge is 0.495 e. The molecule has 30 heavy (non-hydrogen) atoms. The summed E-state index contributed by atoms with van der Waals surface area (Å²) in [6, 6.07) is 1.97. The molecule has 0 saturated carbocycles. The van der Waals surface area contributed by atoms with Gasteiger partial charge in [0.2, 0.25) is 0 Å². The lowest BCUT2D eigenvalue weighted by molar-refractivity contribution is 0.00578. The van der Waals surface area contributed by atoms with Gasteiger partial charge in [-0.3, -0.25) is 0 Å². The van der Waals surface area contributed by atoms with Crippen molar-refractivity contribution in [1.82, 2.24) is 0 Å². The highest BCUT2D eigenvalue weighted by Gasteiger charge is 2.53. The fourth-order valence-electron chi connectivity index (χ4n) is 4.71. The Morgan fingerprint density at radius 1 is 0.933 bits per heavy atom. The number of benzene rings is 1. The van der Waals surface area contributed by atoms with E-state index in [1.807, 2.05) is 40.7 Å². The summed E-state index contributed by atoms with van der Waals surface area (Å²) in [6.45, 7) is 23.8. The number of halogens is 1. The average Bonchev–Trinajstić information content (AvgIpc) is 2.82. The van der Waals surface area contributed by atoms with Gasteiger partial charge < -0.3 is 18.5 Å². The quantitative estimate of drug-likeness (QED) is 0.440. The number of hydrogen-bond acceptors (Lipinski definition) is 4. The first-order valence-corrected chi connectivity index (χ1v) is 13.6. The third-order valence-corrected chi connectivity index (χ3v) is 13.6. The van der Waals surface area contributed by atoms with Crippen molar-refractivity contribution in [3.05, 3.63) is 16.7 Å². The third-order valence-electron chi connectivity index (χ3n) is 7.19. The van der Waals surface area contributed by atoms with Crippen LogP contribution in [0.4, 0.5) is 0 Å². The van der Waals surface area contributed by atoms with Gasteiger partial charge in [-0.2, -0.15) is 0 Å². The van der Waals surface area contributed by atoms with Gasteiger partial charge in [-0.25, -0.2) is 0 Å². The van der Waals surface area contributed by atoms with E-state index in [0.717, 1.165) is 11.0 Å². The number of methoxy groups -OCH3 is 1. The normalized spacial score (nSPS) is 18.6. The van der Waals surface area contributed by atoms with Crippen LogP contribution in [0.2, 0.25) is 21.6 Å². The Labute approximate surface area is 190 Å². The minimum absolute atomic E-state index is 0.423. The lowest BCUT2D eigenvalue weighted by Crippen LogP contribution is -2.51. The number of ether oxygens (including phenoxy) is 1. The predicted octanol–water partition coefficient (Wildman–Crippen LogP) is 6.51. The van der Waals surface area contributed by atoms with Crippen molar-refractivity contribution < 1.29 is 18.5 Å². The SMILES string of the molecule is COc1cc(B2OC(C)(C)C(C)(C)O2)c(C)c(Cl)c1O[Si](C(C)C)(C(C)C)C(C)C. The molecule has 0 atom stereocenters. The Morgan fingerprint density at radius 2 is 1.37 bits per heavy atom. The van der Waals surface area contributed by atoms with Crippen LogP contribution in [0.5, 0.6) is 11.5 Å². The molecule has 0 N–H and O–H groups in total. The average molecular weight is 455 g/mol. The van der Waals surface area contributed by atoms with Crippen LogP contribution in [-0.4, -0.2) is 33.7 Å². The zero-order valence-electron chi connectivity index (χ0n) is 20.9. The van der Waals surface area contributed by atoms with Crippen molar-refractivity contribution in [3.8, 4) is 11.5 Å². The molecule has 7 heteroatoms. The van der Waals surface area contributed by atoms with Crippen LogP contribution in [0.25, 0.3) is 0 Å². The fraction of sp³-hybridized carbons (Fsp3) is 0.739. The molecule has 4 nitrogen and oxygen atoms in total. The van der Waals surface area contributed by atoms with E-state index in [2.05, 4.69) is 41.5 Å². The van der Waals surface area contributed by atoms with Crippen LogP contribution >= 0.6 is 11.6 Å². The maximum atomic E-state index is 6.93. The number of rotatable bonds is 7. The highest BCUT2D eigenvalue weighted by atomic mass is 35.5. The molecule has 1 fully saturated rings. The van der Waals surface area contributed by atoms with Gasteiger partial charge in [0.15, 0.2) is 11.5 Å². The summed E-state index contributed by atoms with van der Waals surface area (Å²) in [5.74, 6) is 1.29. The van der Waals surface area contributed by atoms with Crippen molar-refractivity contribution in [1.29, 1.82) is 0 Å². The van der Waals surface area contributed by atoms with E-state index in [4.69, 9.17) is 30.1 Å². The van der Waals surface area contributed by atoms with E-state index in [1.54, 1.807) is 7.11 Å². The maximum absolute atomic E-state index is 6.93. The van der Waals surface area contributed by atoms with E-state index in [-0.39, 0.29) is 0 Å². The van der Waals surface area contributed by atoms with Gasteiger partial charge in [0.25, 0.3) is 8.32 Å². The Bertz CT molecular complexity index is 739. The Balaban J connectivity index is 2.59. The molecule has 0 radical (unpaired) electrons. The first-order chi connectivity index (χ1) is 13.6. The second kappa shape index (κ2) is 8.68. The van der Waals surface area contributed by atoms with Crippen molar-refractivity contribution in [2.24, 2.45) is 0 Å². The van der Waals surface area contributed by atoms with Gasteiger partial charge >= 0.3 is 7.12 Å². The van der Waals surface area contributed by atoms with Crippen molar-refractivity contribution in [2.75, 3.05) is 7.11 Å². The summed E-state index contributed by atoms with van der Waals surface area (Å²) >= 11 is 6.93. The van der Waals surface area contributed by atoms with Gasteiger partial charge in [-0.05, 0) is 68.3 Å². The fourth-order valence-corrected chi connectivity index (χ4v) is 10.3. The highest BCUT2D eigenvalue weighted by Crippen LogP contribution is 2.48. The minimum atomic E-state index is -2.19. The molecule has 170 valence electrons. The van der Waals surface area contributed by atoms with E-state index < -0.39 is 26.6 Å². The van der Waals surface area contributed by atoms with Gasteiger partial charge in [0.05, 0.1) is 23.3 Å². The van der Waals surface area contributed by atoms with Crippen molar-refractivity contribution >= 4 is 32.5 Å². The summed E-state index contributed by atoms with van der Waals surface area (Å²) in [7, 11) is -1.04. The van der Waals surface area contributed by atoms with Crippen LogP contribution in [0.15, 0.2) is 6.07 Å². The zero-order chi connectivity index (χ0) is 23.2. The molecule has 1 aromatic rings. The molecule has 1 aliphatic heterocycles. The maximum Gasteiger partial charge on any atom is 0.495 e. The summed E-state index contributed by atoms with van der Waals surface area (Å²) in [5, 5.41) is 0.581. The van der Waals surface area contributed by atoms with Crippen molar-refractivity contribution in [2.45, 2.75) is 104 Å². The highest BCUT2D eigenvalue weighted by molar-refractivity contribution is 6.78. The Hall–Kier alpha value is -0.688. The Morgan fingerprint density at radius 3 is 1.73 bits per heavy atom. The van der Waals surface area contributed by atoms with Crippen LogP contribution in [-0.2, 0) is 9.31 Å². The standard InChI is InChI=1S/C23H40BClO4Si/c1-14(2)30(15(3)4,16(5)6)27-21-19(26-12)13-18(17(7)20(21)25)24-28-22(8,9)23(10,11)29-24/h13-16H,1-12H3. The first-order valence-electron chi connectivity index (χ1n) is 11.0. The molecule has 0 amide bonds. The molecule has 1 aliphatic rings. The van der Waals surface area contributed by atoms with E-state index in [9.17, 15) is 0 Å². The summed E-state index contributed by atoms with van der Waals surface area (Å²) in [5.41, 5.74) is 2.24. The lowest BCUT2D eigenvalue weighted by atomic mass is 9.76.